The first kappa shape index (κ1) is 9.68. The van der Waals surface area contributed by atoms with Gasteiger partial charge in [0.05, 0.1) is 0 Å². The van der Waals surface area contributed by atoms with Crippen molar-refractivity contribution >= 4 is 13.5 Å². The summed E-state index contributed by atoms with van der Waals surface area (Å²) in [6.45, 7) is 4.88. The Morgan fingerprint density at radius 2 is 2.00 bits per heavy atom. The molecular weight excluding hydrogens is 188 g/mol. The number of benzene rings is 1. The second-order valence-corrected chi connectivity index (χ2v) is 7.32. The minimum atomic E-state index is -1.77. The summed E-state index contributed by atoms with van der Waals surface area (Å²) < 4.78 is 6.02. The van der Waals surface area contributed by atoms with Crippen molar-refractivity contribution in [2.75, 3.05) is 6.61 Å². The summed E-state index contributed by atoms with van der Waals surface area (Å²) in [6.07, 6.45) is 2.49. The topological polar surface area (TPSA) is 9.23 Å². The molecule has 0 aliphatic carbocycles. The van der Waals surface area contributed by atoms with Gasteiger partial charge in [0.2, 0.25) is 8.32 Å². The van der Waals surface area contributed by atoms with Crippen LogP contribution in [0, 0.1) is 0 Å². The first-order valence-corrected chi connectivity index (χ1v) is 7.40. The van der Waals surface area contributed by atoms with E-state index in [1.807, 2.05) is 0 Å². The van der Waals surface area contributed by atoms with Gasteiger partial charge < -0.3 is 4.43 Å². The molecule has 1 aliphatic rings. The molecule has 1 aromatic rings. The van der Waals surface area contributed by atoms with Crippen molar-refractivity contribution in [1.29, 1.82) is 0 Å². The van der Waals surface area contributed by atoms with Crippen LogP contribution in [0.15, 0.2) is 42.6 Å². The first-order chi connectivity index (χ1) is 6.87. The number of rotatable bonds is 2. The van der Waals surface area contributed by atoms with E-state index in [0.717, 1.165) is 6.61 Å². The highest BCUT2D eigenvalue weighted by atomic mass is 28.4. The summed E-state index contributed by atoms with van der Waals surface area (Å²) in [6, 6.07) is 11.8. The minimum Gasteiger partial charge on any atom is -0.409 e. The molecule has 1 aromatic carbocycles. The molecule has 0 N–H and O–H groups in total. The van der Waals surface area contributed by atoms with Crippen molar-refractivity contribution in [3.8, 4) is 0 Å². The smallest absolute Gasteiger partial charge is 0.248 e. The summed E-state index contributed by atoms with van der Waals surface area (Å²) in [4.78, 5) is 0. The monoisotopic (exact) mass is 204 g/mol. The molecule has 2 rings (SSSR count). The molecular formula is C12H16OSi. The minimum absolute atomic E-state index is 0.910. The summed E-state index contributed by atoms with van der Waals surface area (Å²) in [5.74, 6) is 0. The predicted octanol–water partition coefficient (Wildman–Crippen LogP) is 2.37. The van der Waals surface area contributed by atoms with Crippen molar-refractivity contribution in [2.24, 2.45) is 0 Å². The molecule has 1 saturated heterocycles. The third-order valence-electron chi connectivity index (χ3n) is 2.89. The van der Waals surface area contributed by atoms with Crippen LogP contribution in [-0.2, 0) is 4.43 Å². The average molecular weight is 204 g/mol. The summed E-state index contributed by atoms with van der Waals surface area (Å²) >= 11 is 0. The fourth-order valence-electron chi connectivity index (χ4n) is 2.04. The zero-order valence-corrected chi connectivity index (χ0v) is 9.41. The lowest BCUT2D eigenvalue weighted by Gasteiger charge is -2.32. The molecule has 0 aromatic heterocycles. The fourth-order valence-corrected chi connectivity index (χ4v) is 5.24. The van der Waals surface area contributed by atoms with E-state index in [1.54, 1.807) is 0 Å². The van der Waals surface area contributed by atoms with Gasteiger partial charge in [0, 0.05) is 6.61 Å². The molecule has 2 heteroatoms. The molecule has 0 spiro atoms. The molecule has 1 unspecified atom stereocenters. The Bertz CT molecular complexity index is 301. The van der Waals surface area contributed by atoms with Crippen molar-refractivity contribution in [1.82, 2.24) is 0 Å². The standard InChI is InChI=1S/C12H16OSi/c1-2-14(11-7-6-10-13-14)12-8-4-3-5-9-12/h2-5,8-9H,1,6-7,10-11H2. The van der Waals surface area contributed by atoms with Crippen LogP contribution < -0.4 is 5.19 Å². The largest absolute Gasteiger partial charge is 0.409 e. The van der Waals surface area contributed by atoms with Gasteiger partial charge in [0.25, 0.3) is 0 Å². The molecule has 0 saturated carbocycles. The van der Waals surface area contributed by atoms with Crippen molar-refractivity contribution in [3.05, 3.63) is 42.6 Å². The van der Waals surface area contributed by atoms with Crippen molar-refractivity contribution < 1.29 is 4.43 Å². The van der Waals surface area contributed by atoms with Crippen molar-refractivity contribution in [2.45, 2.75) is 18.9 Å². The van der Waals surface area contributed by atoms with Crippen LogP contribution in [0.3, 0.4) is 0 Å². The van der Waals surface area contributed by atoms with Crippen LogP contribution in [0.4, 0.5) is 0 Å². The Morgan fingerprint density at radius 3 is 2.57 bits per heavy atom. The third kappa shape index (κ3) is 1.68. The fraction of sp³-hybridized carbons (Fsp3) is 0.333. The van der Waals surface area contributed by atoms with E-state index in [2.05, 4.69) is 42.6 Å². The molecule has 0 amide bonds. The lowest BCUT2D eigenvalue weighted by molar-refractivity contribution is 0.283. The zero-order valence-electron chi connectivity index (χ0n) is 8.41. The number of hydrogen-bond acceptors (Lipinski definition) is 1. The number of hydrogen-bond donors (Lipinski definition) is 0. The van der Waals surface area contributed by atoms with Gasteiger partial charge in [-0.25, -0.2) is 0 Å². The van der Waals surface area contributed by atoms with E-state index < -0.39 is 8.32 Å². The van der Waals surface area contributed by atoms with Gasteiger partial charge in [-0.15, -0.1) is 6.58 Å². The van der Waals surface area contributed by atoms with Crippen LogP contribution in [-0.4, -0.2) is 14.9 Å². The highest BCUT2D eigenvalue weighted by Gasteiger charge is 2.35. The second-order valence-electron chi connectivity index (χ2n) is 3.77. The van der Waals surface area contributed by atoms with Crippen LogP contribution >= 0.6 is 0 Å². The molecule has 1 atom stereocenters. The highest BCUT2D eigenvalue weighted by molar-refractivity contribution is 6.90. The summed E-state index contributed by atoms with van der Waals surface area (Å²) in [5, 5.41) is 1.37. The predicted molar refractivity (Wildman–Crippen MR) is 62.0 cm³/mol. The highest BCUT2D eigenvalue weighted by Crippen LogP contribution is 2.22. The lowest BCUT2D eigenvalue weighted by atomic mass is 10.3. The van der Waals surface area contributed by atoms with Gasteiger partial charge in [-0.2, -0.15) is 0 Å². The molecule has 0 radical (unpaired) electrons. The van der Waals surface area contributed by atoms with E-state index in [-0.39, 0.29) is 0 Å². The second kappa shape index (κ2) is 4.11. The Hall–Kier alpha value is -0.863. The van der Waals surface area contributed by atoms with Gasteiger partial charge >= 0.3 is 0 Å². The van der Waals surface area contributed by atoms with Crippen LogP contribution in [0.1, 0.15) is 12.8 Å². The lowest BCUT2D eigenvalue weighted by Crippen LogP contribution is -2.51. The van der Waals surface area contributed by atoms with Crippen LogP contribution in [0.25, 0.3) is 0 Å². The Balaban J connectivity index is 2.32. The maximum Gasteiger partial charge on any atom is 0.248 e. The van der Waals surface area contributed by atoms with Gasteiger partial charge in [0.15, 0.2) is 0 Å². The van der Waals surface area contributed by atoms with Crippen molar-refractivity contribution in [3.63, 3.8) is 0 Å². The normalized spacial score (nSPS) is 27.1. The third-order valence-corrected chi connectivity index (χ3v) is 6.68. The molecule has 1 nitrogen and oxygen atoms in total. The van der Waals surface area contributed by atoms with Crippen LogP contribution in [0.2, 0.25) is 6.04 Å². The Labute approximate surface area is 86.5 Å². The SMILES string of the molecule is C=C[Si]1(c2ccccc2)CCCCO1. The average Bonchev–Trinajstić information content (AvgIpc) is 2.31. The Kier molecular flexibility index (Phi) is 2.84. The van der Waals surface area contributed by atoms with E-state index in [9.17, 15) is 0 Å². The summed E-state index contributed by atoms with van der Waals surface area (Å²) in [5.41, 5.74) is 2.08. The summed E-state index contributed by atoms with van der Waals surface area (Å²) in [7, 11) is -1.77. The van der Waals surface area contributed by atoms with E-state index in [0.29, 0.717) is 0 Å². The van der Waals surface area contributed by atoms with Gasteiger partial charge in [-0.3, -0.25) is 0 Å². The zero-order chi connectivity index (χ0) is 9.86. The van der Waals surface area contributed by atoms with E-state index in [1.165, 1.54) is 24.1 Å². The molecule has 1 aliphatic heterocycles. The maximum absolute atomic E-state index is 6.02. The van der Waals surface area contributed by atoms with Gasteiger partial charge in [0.1, 0.15) is 0 Å². The molecule has 0 bridgehead atoms. The quantitative estimate of drug-likeness (QED) is 0.672. The molecule has 14 heavy (non-hydrogen) atoms. The van der Waals surface area contributed by atoms with Gasteiger partial charge in [-0.05, 0) is 17.7 Å². The van der Waals surface area contributed by atoms with Crippen LogP contribution in [0.5, 0.6) is 0 Å². The van der Waals surface area contributed by atoms with E-state index in [4.69, 9.17) is 4.43 Å². The van der Waals surface area contributed by atoms with Gasteiger partial charge in [-0.1, -0.05) is 42.5 Å². The Morgan fingerprint density at radius 1 is 1.21 bits per heavy atom. The molecule has 74 valence electrons. The molecule has 1 fully saturated rings. The first-order valence-electron chi connectivity index (χ1n) is 5.20. The maximum atomic E-state index is 6.02. The molecule has 1 heterocycles. The van der Waals surface area contributed by atoms with E-state index >= 15 is 0 Å².